The van der Waals surface area contributed by atoms with Crippen LogP contribution in [-0.4, -0.2) is 32.2 Å². The molecule has 0 saturated carbocycles. The Kier molecular flexibility index (Phi) is 3.00. The molecule has 1 N–H and O–H groups in total. The highest BCUT2D eigenvalue weighted by Crippen LogP contribution is 2.14. The summed E-state index contributed by atoms with van der Waals surface area (Å²) < 4.78 is 4.70. The number of imidazole rings is 1. The highest BCUT2D eigenvalue weighted by Gasteiger charge is 2.07. The van der Waals surface area contributed by atoms with Gasteiger partial charge in [0.05, 0.1) is 12.0 Å². The number of H-pyrrole nitrogens is 1. The van der Waals surface area contributed by atoms with E-state index < -0.39 is 0 Å². The van der Waals surface area contributed by atoms with E-state index in [9.17, 15) is 0 Å². The summed E-state index contributed by atoms with van der Waals surface area (Å²) in [6.07, 6.45) is 1.73. The first-order chi connectivity index (χ1) is 9.22. The summed E-state index contributed by atoms with van der Waals surface area (Å²) >= 11 is 0. The Morgan fingerprint density at radius 3 is 2.84 bits per heavy atom. The molecule has 0 spiro atoms. The van der Waals surface area contributed by atoms with Crippen molar-refractivity contribution in [3.8, 4) is 0 Å². The van der Waals surface area contributed by atoms with Gasteiger partial charge < -0.3 is 4.98 Å². The number of benzene rings is 1. The third kappa shape index (κ3) is 2.48. The molecular weight excluding hydrogens is 242 g/mol. The first-order valence-corrected chi connectivity index (χ1v) is 6.11. The first-order valence-electron chi connectivity index (χ1n) is 6.11. The molecule has 0 radical (unpaired) electrons. The Bertz CT molecular complexity index is 687. The zero-order chi connectivity index (χ0) is 13.2. The van der Waals surface area contributed by atoms with Gasteiger partial charge in [-0.1, -0.05) is 6.07 Å². The van der Waals surface area contributed by atoms with Crippen LogP contribution in [0.15, 0.2) is 29.2 Å². The maximum atomic E-state index is 4.70. The molecule has 0 aliphatic rings. The molecule has 0 aliphatic heterocycles. The lowest BCUT2D eigenvalue weighted by Crippen LogP contribution is -2.18. The predicted octanol–water partition coefficient (Wildman–Crippen LogP) is 1.89. The second-order valence-corrected chi connectivity index (χ2v) is 4.73. The van der Waals surface area contributed by atoms with E-state index in [1.165, 1.54) is 5.56 Å². The van der Waals surface area contributed by atoms with Crippen molar-refractivity contribution < 1.29 is 4.63 Å². The van der Waals surface area contributed by atoms with Gasteiger partial charge in [-0.05, 0) is 42.0 Å². The van der Waals surface area contributed by atoms with Crippen LogP contribution in [0.5, 0.6) is 0 Å². The van der Waals surface area contributed by atoms with Gasteiger partial charge in [0, 0.05) is 18.8 Å². The smallest absolute Gasteiger partial charge is 0.135 e. The second kappa shape index (κ2) is 4.81. The van der Waals surface area contributed by atoms with Gasteiger partial charge in [-0.25, -0.2) is 9.61 Å². The minimum Gasteiger partial charge on any atom is -0.348 e. The molecule has 19 heavy (non-hydrogen) atoms. The van der Waals surface area contributed by atoms with Crippen LogP contribution in [0.25, 0.3) is 11.0 Å². The van der Waals surface area contributed by atoms with Crippen LogP contribution in [0, 0.1) is 6.92 Å². The van der Waals surface area contributed by atoms with Crippen molar-refractivity contribution in [3.05, 3.63) is 41.5 Å². The van der Waals surface area contributed by atoms with Crippen LogP contribution in [0.2, 0.25) is 0 Å². The van der Waals surface area contributed by atoms with Gasteiger partial charge in [0.15, 0.2) is 0 Å². The van der Waals surface area contributed by atoms with E-state index in [1.54, 1.807) is 6.33 Å². The molecule has 6 heteroatoms. The predicted molar refractivity (Wildman–Crippen MR) is 70.3 cm³/mol. The number of hydrogen-bond acceptors (Lipinski definition) is 5. The second-order valence-electron chi connectivity index (χ2n) is 4.73. The van der Waals surface area contributed by atoms with Gasteiger partial charge in [0.25, 0.3) is 0 Å². The Balaban J connectivity index is 1.71. The van der Waals surface area contributed by atoms with Crippen molar-refractivity contribution in [1.29, 1.82) is 0 Å². The average molecular weight is 257 g/mol. The maximum absolute atomic E-state index is 4.70. The first kappa shape index (κ1) is 11.9. The molecule has 2 aromatic heterocycles. The van der Waals surface area contributed by atoms with Crippen molar-refractivity contribution >= 4 is 11.0 Å². The number of aromatic nitrogens is 4. The zero-order valence-electron chi connectivity index (χ0n) is 10.9. The van der Waals surface area contributed by atoms with Crippen molar-refractivity contribution in [2.24, 2.45) is 0 Å². The summed E-state index contributed by atoms with van der Waals surface area (Å²) in [7, 11) is 2.07. The molecule has 0 amide bonds. The van der Waals surface area contributed by atoms with Gasteiger partial charge in [0.2, 0.25) is 0 Å². The van der Waals surface area contributed by atoms with E-state index in [0.29, 0.717) is 0 Å². The minimum absolute atomic E-state index is 0.787. The molecule has 3 rings (SSSR count). The van der Waals surface area contributed by atoms with Crippen LogP contribution in [-0.2, 0) is 13.1 Å². The fourth-order valence-corrected chi connectivity index (χ4v) is 2.10. The highest BCUT2D eigenvalue weighted by molar-refractivity contribution is 5.73. The average Bonchev–Trinajstić information content (AvgIpc) is 2.98. The summed E-state index contributed by atoms with van der Waals surface area (Å²) in [5.74, 6) is 0. The lowest BCUT2D eigenvalue weighted by molar-refractivity contribution is 0.313. The summed E-state index contributed by atoms with van der Waals surface area (Å²) in [5, 5.41) is 7.65. The molecule has 2 heterocycles. The summed E-state index contributed by atoms with van der Waals surface area (Å²) in [6.45, 7) is 3.67. The van der Waals surface area contributed by atoms with Gasteiger partial charge in [-0.3, -0.25) is 4.90 Å². The number of nitrogens with zero attached hydrogens (tertiary/aromatic N) is 4. The van der Waals surface area contributed by atoms with Crippen molar-refractivity contribution in [2.45, 2.75) is 20.0 Å². The van der Waals surface area contributed by atoms with Crippen molar-refractivity contribution in [3.63, 3.8) is 0 Å². The van der Waals surface area contributed by atoms with Crippen LogP contribution in [0.4, 0.5) is 0 Å². The van der Waals surface area contributed by atoms with Crippen LogP contribution >= 0.6 is 0 Å². The monoisotopic (exact) mass is 257 g/mol. The fraction of sp³-hybridized carbons (Fsp3) is 0.308. The minimum atomic E-state index is 0.787. The molecule has 0 atom stereocenters. The number of aryl methyl sites for hydroxylation is 1. The molecule has 1 aromatic carbocycles. The maximum Gasteiger partial charge on any atom is 0.135 e. The number of fused-ring (bicyclic) bond motifs is 1. The lowest BCUT2D eigenvalue weighted by atomic mass is 10.2. The topological polar surface area (TPSA) is 70.8 Å². The standard InChI is InChI=1S/C13H15N5O/c1-9-13(15-8-14-9)7-18(2)6-10-3-4-11-12(5-10)17-19-16-11/h3-5,8H,6-7H2,1-2H3,(H,14,15). The van der Waals surface area contributed by atoms with Crippen LogP contribution in [0.3, 0.4) is 0 Å². The van der Waals surface area contributed by atoms with E-state index in [4.69, 9.17) is 4.63 Å². The zero-order valence-corrected chi connectivity index (χ0v) is 10.9. The Labute approximate surface area is 110 Å². The number of hydrogen-bond donors (Lipinski definition) is 1. The van der Waals surface area contributed by atoms with Gasteiger partial charge in [-0.2, -0.15) is 0 Å². The SMILES string of the molecule is Cc1[nH]cnc1CN(C)Cc1ccc2nonc2c1. The van der Waals surface area contributed by atoms with Crippen molar-refractivity contribution in [2.75, 3.05) is 7.05 Å². The van der Waals surface area contributed by atoms with E-state index in [1.807, 2.05) is 25.1 Å². The highest BCUT2D eigenvalue weighted by atomic mass is 16.6. The Morgan fingerprint density at radius 2 is 2.05 bits per heavy atom. The molecule has 6 nitrogen and oxygen atoms in total. The quantitative estimate of drug-likeness (QED) is 0.772. The molecular formula is C13H15N5O. The molecule has 0 unspecified atom stereocenters. The number of nitrogens with one attached hydrogen (secondary N) is 1. The summed E-state index contributed by atoms with van der Waals surface area (Å²) in [6, 6.07) is 5.97. The molecule has 0 fully saturated rings. The van der Waals surface area contributed by atoms with Gasteiger partial charge in [-0.15, -0.1) is 0 Å². The van der Waals surface area contributed by atoms with E-state index in [0.717, 1.165) is 35.5 Å². The van der Waals surface area contributed by atoms with E-state index in [-0.39, 0.29) is 0 Å². The molecule has 0 aliphatic carbocycles. The third-order valence-electron chi connectivity index (χ3n) is 3.12. The largest absolute Gasteiger partial charge is 0.348 e. The third-order valence-corrected chi connectivity index (χ3v) is 3.12. The fourth-order valence-electron chi connectivity index (χ4n) is 2.10. The summed E-state index contributed by atoms with van der Waals surface area (Å²) in [4.78, 5) is 9.60. The number of rotatable bonds is 4. The summed E-state index contributed by atoms with van der Waals surface area (Å²) in [5.41, 5.74) is 4.95. The lowest BCUT2D eigenvalue weighted by Gasteiger charge is -2.15. The molecule has 0 bridgehead atoms. The van der Waals surface area contributed by atoms with Crippen LogP contribution < -0.4 is 0 Å². The number of aromatic amines is 1. The Hall–Kier alpha value is -2.21. The normalized spacial score (nSPS) is 11.5. The van der Waals surface area contributed by atoms with Crippen molar-refractivity contribution in [1.82, 2.24) is 25.2 Å². The van der Waals surface area contributed by atoms with E-state index in [2.05, 4.69) is 32.2 Å². The van der Waals surface area contributed by atoms with Gasteiger partial charge in [0.1, 0.15) is 11.0 Å². The van der Waals surface area contributed by atoms with E-state index >= 15 is 0 Å². The molecule has 98 valence electrons. The molecule has 3 aromatic rings. The molecule has 0 saturated heterocycles. The van der Waals surface area contributed by atoms with Crippen LogP contribution in [0.1, 0.15) is 17.0 Å². The Morgan fingerprint density at radius 1 is 1.21 bits per heavy atom. The van der Waals surface area contributed by atoms with Gasteiger partial charge >= 0.3 is 0 Å².